The Kier molecular flexibility index (Phi) is 6.98. The number of nitrogens with two attached hydrogens (primary N) is 1. The van der Waals surface area contributed by atoms with Gasteiger partial charge in [0.15, 0.2) is 0 Å². The van der Waals surface area contributed by atoms with Crippen LogP contribution in [0.15, 0.2) is 42.7 Å². The van der Waals surface area contributed by atoms with Gasteiger partial charge in [-0.15, -0.1) is 0 Å². The van der Waals surface area contributed by atoms with Crippen LogP contribution in [0.2, 0.25) is 0 Å². The second kappa shape index (κ2) is 10.2. The van der Waals surface area contributed by atoms with Crippen molar-refractivity contribution in [3.05, 3.63) is 77.0 Å². The summed E-state index contributed by atoms with van der Waals surface area (Å²) < 4.78 is 49.5. The van der Waals surface area contributed by atoms with Gasteiger partial charge in [-0.2, -0.15) is 0 Å². The molecule has 1 saturated carbocycles. The Labute approximate surface area is 211 Å². The number of nitrogens with one attached hydrogen (secondary N) is 1. The molecule has 194 valence electrons. The molecule has 1 aromatic carbocycles. The largest absolute Gasteiger partial charge is 0.391 e. The monoisotopic (exact) mass is 512 g/mol. The van der Waals surface area contributed by atoms with Gasteiger partial charge in [0.25, 0.3) is 5.91 Å². The zero-order chi connectivity index (χ0) is 26.3. The third-order valence-corrected chi connectivity index (χ3v) is 7.27. The zero-order valence-corrected chi connectivity index (χ0v) is 20.1. The molecule has 2 fully saturated rings. The topological polar surface area (TPSA) is 110 Å². The molecule has 0 unspecified atom stereocenters. The summed E-state index contributed by atoms with van der Waals surface area (Å²) in [5, 5.41) is 12.9. The number of aliphatic hydroxyl groups excluding tert-OH is 1. The van der Waals surface area contributed by atoms with Gasteiger partial charge < -0.3 is 20.9 Å². The third kappa shape index (κ3) is 4.96. The lowest BCUT2D eigenvalue weighted by molar-refractivity contribution is 0.00822. The van der Waals surface area contributed by atoms with Gasteiger partial charge in [-0.25, -0.2) is 18.2 Å². The van der Waals surface area contributed by atoms with Crippen molar-refractivity contribution >= 4 is 11.6 Å². The minimum atomic E-state index is -0.967. The van der Waals surface area contributed by atoms with Crippen molar-refractivity contribution in [1.82, 2.24) is 9.97 Å². The summed E-state index contributed by atoms with van der Waals surface area (Å²) in [5.74, 6) is -3.75. The van der Waals surface area contributed by atoms with E-state index >= 15 is 0 Å². The quantitative estimate of drug-likeness (QED) is 0.474. The van der Waals surface area contributed by atoms with Crippen LogP contribution in [0.4, 0.5) is 18.9 Å². The van der Waals surface area contributed by atoms with E-state index in [1.807, 2.05) is 6.92 Å². The zero-order valence-electron chi connectivity index (χ0n) is 20.1. The van der Waals surface area contributed by atoms with Crippen LogP contribution in [-0.2, 0) is 4.74 Å². The summed E-state index contributed by atoms with van der Waals surface area (Å²) in [7, 11) is 0. The fourth-order valence-corrected chi connectivity index (χ4v) is 5.11. The molecule has 7 nitrogen and oxygen atoms in total. The van der Waals surface area contributed by atoms with Crippen molar-refractivity contribution < 1.29 is 27.8 Å². The number of benzene rings is 1. The number of aromatic nitrogens is 2. The van der Waals surface area contributed by atoms with Crippen LogP contribution in [0.1, 0.15) is 53.2 Å². The van der Waals surface area contributed by atoms with E-state index in [0.29, 0.717) is 37.3 Å². The number of nitrogens with zero attached hydrogens (tertiary/aromatic N) is 2. The number of carbonyl (C=O) groups is 1. The average molecular weight is 513 g/mol. The number of aliphatic hydroxyl groups is 1. The molecule has 3 aromatic rings. The molecule has 1 aliphatic heterocycles. The predicted octanol–water partition coefficient (Wildman–Crippen LogP) is 4.13. The van der Waals surface area contributed by atoms with E-state index in [4.69, 9.17) is 10.5 Å². The summed E-state index contributed by atoms with van der Waals surface area (Å²) in [6.07, 6.45) is 3.68. The van der Waals surface area contributed by atoms with Gasteiger partial charge in [-0.1, -0.05) is 6.92 Å². The number of rotatable bonds is 5. The van der Waals surface area contributed by atoms with E-state index < -0.39 is 46.8 Å². The van der Waals surface area contributed by atoms with E-state index in [1.165, 1.54) is 6.20 Å². The summed E-state index contributed by atoms with van der Waals surface area (Å²) in [5.41, 5.74) is 6.32. The molecular formula is C27H27F3N4O3. The maximum Gasteiger partial charge on any atom is 0.274 e. The minimum Gasteiger partial charge on any atom is -0.391 e. The maximum atomic E-state index is 14.9. The number of halogens is 3. The molecule has 0 spiro atoms. The first-order valence-corrected chi connectivity index (χ1v) is 12.2. The Morgan fingerprint density at radius 2 is 1.81 bits per heavy atom. The lowest BCUT2D eigenvalue weighted by Crippen LogP contribution is -2.44. The van der Waals surface area contributed by atoms with Crippen molar-refractivity contribution in [2.45, 2.75) is 43.7 Å². The molecular weight excluding hydrogens is 485 g/mol. The van der Waals surface area contributed by atoms with E-state index in [2.05, 4.69) is 15.3 Å². The smallest absolute Gasteiger partial charge is 0.274 e. The molecule has 1 saturated heterocycles. The van der Waals surface area contributed by atoms with Crippen LogP contribution < -0.4 is 11.1 Å². The average Bonchev–Trinajstić information content (AvgIpc) is 2.82. The standard InChI is InChI=1S/C27H27F3N4O3/c1-13-6-15(9-21(31)26(13)35)17-4-5-32-10-23(17)34-27(36)22-3-2-18(28)25(33-22)24-19(29)7-14(8-20(24)30)16-11-37-12-16/h2-5,7-8,10,13,15-16,21,26,35H,6,9,11-12,31H2,1H3,(H,34,36)/t13-,15+,21+,26+/m0/s1. The predicted molar refractivity (Wildman–Crippen MR) is 130 cm³/mol. The van der Waals surface area contributed by atoms with Gasteiger partial charge in [-0.3, -0.25) is 9.78 Å². The van der Waals surface area contributed by atoms with Gasteiger partial charge in [0.1, 0.15) is 28.8 Å². The molecule has 4 N–H and O–H groups in total. The highest BCUT2D eigenvalue weighted by atomic mass is 19.1. The van der Waals surface area contributed by atoms with E-state index in [1.54, 1.807) is 12.3 Å². The highest BCUT2D eigenvalue weighted by Crippen LogP contribution is 2.39. The fourth-order valence-electron chi connectivity index (χ4n) is 5.11. The minimum absolute atomic E-state index is 0.0220. The van der Waals surface area contributed by atoms with Gasteiger partial charge in [-0.05, 0) is 66.1 Å². The second-order valence-electron chi connectivity index (χ2n) is 9.84. The van der Waals surface area contributed by atoms with Gasteiger partial charge in [0.05, 0.1) is 36.8 Å². The van der Waals surface area contributed by atoms with Gasteiger partial charge >= 0.3 is 0 Å². The first-order chi connectivity index (χ1) is 17.7. The number of carbonyl (C=O) groups excluding carboxylic acids is 1. The Morgan fingerprint density at radius 1 is 1.08 bits per heavy atom. The third-order valence-electron chi connectivity index (χ3n) is 7.27. The fraction of sp³-hybridized carbons (Fsp3) is 0.370. The van der Waals surface area contributed by atoms with Crippen molar-refractivity contribution in [2.75, 3.05) is 18.5 Å². The van der Waals surface area contributed by atoms with Crippen LogP contribution in [0.25, 0.3) is 11.3 Å². The summed E-state index contributed by atoms with van der Waals surface area (Å²) in [6, 6.07) is 5.77. The van der Waals surface area contributed by atoms with E-state index in [-0.39, 0.29) is 23.4 Å². The molecule has 5 rings (SSSR count). The second-order valence-corrected chi connectivity index (χ2v) is 9.84. The summed E-state index contributed by atoms with van der Waals surface area (Å²) >= 11 is 0. The SMILES string of the molecule is C[C@H]1C[C@@H](c2ccncc2NC(=O)c2ccc(F)c(-c3c(F)cc(C4COC4)cc3F)n2)C[C@@H](N)[C@@H]1O. The summed E-state index contributed by atoms with van der Waals surface area (Å²) in [6.45, 7) is 2.65. The van der Waals surface area contributed by atoms with Crippen molar-refractivity contribution in [1.29, 1.82) is 0 Å². The van der Waals surface area contributed by atoms with E-state index in [9.17, 15) is 23.1 Å². The van der Waals surface area contributed by atoms with Gasteiger partial charge in [0, 0.05) is 18.2 Å². The molecule has 2 aliphatic rings. The van der Waals surface area contributed by atoms with Crippen molar-refractivity contribution in [3.8, 4) is 11.3 Å². The number of pyridine rings is 2. The number of hydrogen-bond donors (Lipinski definition) is 3. The molecule has 2 aromatic heterocycles. The summed E-state index contributed by atoms with van der Waals surface area (Å²) in [4.78, 5) is 21.2. The molecule has 1 aliphatic carbocycles. The Balaban J connectivity index is 1.42. The number of anilines is 1. The van der Waals surface area contributed by atoms with Crippen LogP contribution in [0.3, 0.4) is 0 Å². The molecule has 1 amide bonds. The van der Waals surface area contributed by atoms with Crippen molar-refractivity contribution in [3.63, 3.8) is 0 Å². The Hall–Kier alpha value is -3.34. The normalized spacial score (nSPS) is 23.9. The van der Waals surface area contributed by atoms with Crippen LogP contribution >= 0.6 is 0 Å². The van der Waals surface area contributed by atoms with Crippen LogP contribution in [-0.4, -0.2) is 46.3 Å². The number of amides is 1. The number of ether oxygens (including phenoxy) is 1. The van der Waals surface area contributed by atoms with Crippen molar-refractivity contribution in [2.24, 2.45) is 11.7 Å². The maximum absolute atomic E-state index is 14.9. The molecule has 37 heavy (non-hydrogen) atoms. The lowest BCUT2D eigenvalue weighted by atomic mass is 9.74. The molecule has 4 atom stereocenters. The molecule has 10 heteroatoms. The first-order valence-electron chi connectivity index (χ1n) is 12.2. The highest BCUT2D eigenvalue weighted by molar-refractivity contribution is 6.03. The number of hydrogen-bond acceptors (Lipinski definition) is 6. The molecule has 0 bridgehead atoms. The van der Waals surface area contributed by atoms with Gasteiger partial charge in [0.2, 0.25) is 0 Å². The Morgan fingerprint density at radius 3 is 2.46 bits per heavy atom. The van der Waals surface area contributed by atoms with Crippen LogP contribution in [0, 0.1) is 23.4 Å². The highest BCUT2D eigenvalue weighted by Gasteiger charge is 2.34. The van der Waals surface area contributed by atoms with E-state index in [0.717, 1.165) is 29.8 Å². The molecule has 3 heterocycles. The van der Waals surface area contributed by atoms with Crippen LogP contribution in [0.5, 0.6) is 0 Å². The lowest BCUT2D eigenvalue weighted by Gasteiger charge is -2.36. The first kappa shape index (κ1) is 25.3. The Bertz CT molecular complexity index is 1300. The molecule has 0 radical (unpaired) electrons.